The minimum atomic E-state index is -0.217. The van der Waals surface area contributed by atoms with Crippen LogP contribution in [0.2, 0.25) is 0 Å². The van der Waals surface area contributed by atoms with Gasteiger partial charge in [0, 0.05) is 11.8 Å². The monoisotopic (exact) mass is 455 g/mol. The van der Waals surface area contributed by atoms with Crippen LogP contribution in [0.1, 0.15) is 95.6 Å². The van der Waals surface area contributed by atoms with Gasteiger partial charge in [0.15, 0.2) is 6.29 Å². The lowest BCUT2D eigenvalue weighted by Gasteiger charge is -2.37. The minimum absolute atomic E-state index is 0.123. The average Bonchev–Trinajstić information content (AvgIpc) is 2.85. The molecule has 0 spiro atoms. The highest BCUT2D eigenvalue weighted by Crippen LogP contribution is 2.35. The van der Waals surface area contributed by atoms with E-state index >= 15 is 0 Å². The predicted octanol–water partition coefficient (Wildman–Crippen LogP) is 6.57. The normalized spacial score (nSPS) is 25.4. The van der Waals surface area contributed by atoms with Crippen LogP contribution in [0.25, 0.3) is 0 Å². The summed E-state index contributed by atoms with van der Waals surface area (Å²) in [6, 6.07) is 7.81. The smallest absolute Gasteiger partial charge is 0.314 e. The number of esters is 1. The lowest BCUT2D eigenvalue weighted by atomic mass is 9.81. The molecule has 1 heterocycles. The van der Waals surface area contributed by atoms with Gasteiger partial charge in [0.05, 0.1) is 24.7 Å². The third-order valence-corrected chi connectivity index (χ3v) is 7.14. The third kappa shape index (κ3) is 7.83. The number of hydrogen-bond donors (Lipinski definition) is 0. The number of carbonyl (C=O) groups is 1. The van der Waals surface area contributed by atoms with Gasteiger partial charge in [0.2, 0.25) is 0 Å². The maximum atomic E-state index is 12.8. The van der Waals surface area contributed by atoms with Crippen LogP contribution in [-0.2, 0) is 20.7 Å². The topological polar surface area (TPSA) is 68.6 Å². The number of hydrogen-bond acceptors (Lipinski definition) is 5. The van der Waals surface area contributed by atoms with Crippen LogP contribution in [0.5, 0.6) is 5.75 Å². The molecule has 1 aliphatic carbocycles. The standard InChI is InChI=1S/C28H41NO4/c1-3-5-7-9-21-11-16-26(25(17-21)18-29)33-27(30)23-12-14-24(15-13-23)28-31-19-22(20-32-28)10-8-6-4-2/h11,16-17,22-24,28H,3-10,12-15,19-20H2,1-2H3. The van der Waals surface area contributed by atoms with Gasteiger partial charge in [0.1, 0.15) is 11.8 Å². The van der Waals surface area contributed by atoms with E-state index in [-0.39, 0.29) is 18.2 Å². The Morgan fingerprint density at radius 1 is 1.03 bits per heavy atom. The zero-order valence-electron chi connectivity index (χ0n) is 20.5. The number of carbonyl (C=O) groups excluding carboxylic acids is 1. The second kappa shape index (κ2) is 13.7. The largest absolute Gasteiger partial charge is 0.425 e. The molecule has 0 radical (unpaired) electrons. The van der Waals surface area contributed by atoms with E-state index in [4.69, 9.17) is 14.2 Å². The number of nitrogens with zero attached hydrogens (tertiary/aromatic N) is 1. The van der Waals surface area contributed by atoms with E-state index in [9.17, 15) is 10.1 Å². The molecule has 5 heteroatoms. The molecule has 2 fully saturated rings. The Morgan fingerprint density at radius 2 is 1.73 bits per heavy atom. The van der Waals surface area contributed by atoms with Gasteiger partial charge in [-0.3, -0.25) is 4.79 Å². The van der Waals surface area contributed by atoms with Crippen LogP contribution >= 0.6 is 0 Å². The molecule has 0 bridgehead atoms. The van der Waals surface area contributed by atoms with Gasteiger partial charge in [-0.15, -0.1) is 0 Å². The van der Waals surface area contributed by atoms with Crippen LogP contribution in [-0.4, -0.2) is 25.5 Å². The molecule has 2 aliphatic rings. The molecule has 1 aromatic carbocycles. The lowest BCUT2D eigenvalue weighted by molar-refractivity contribution is -0.230. The summed E-state index contributed by atoms with van der Waals surface area (Å²) in [5, 5.41) is 9.53. The van der Waals surface area contributed by atoms with Gasteiger partial charge in [-0.1, -0.05) is 52.0 Å². The van der Waals surface area contributed by atoms with Crippen LogP contribution < -0.4 is 4.74 Å². The molecular weight excluding hydrogens is 414 g/mol. The van der Waals surface area contributed by atoms with Gasteiger partial charge in [-0.2, -0.15) is 5.26 Å². The summed E-state index contributed by atoms with van der Waals surface area (Å²) in [6.45, 7) is 5.99. The van der Waals surface area contributed by atoms with Crippen molar-refractivity contribution >= 4 is 5.97 Å². The number of aryl methyl sites for hydroxylation is 1. The Bertz CT molecular complexity index is 771. The van der Waals surface area contributed by atoms with Gasteiger partial charge in [-0.05, 0) is 62.6 Å². The number of unbranched alkanes of at least 4 members (excludes halogenated alkanes) is 4. The Morgan fingerprint density at radius 3 is 2.39 bits per heavy atom. The maximum absolute atomic E-state index is 12.8. The first-order chi connectivity index (χ1) is 16.1. The molecule has 1 aromatic rings. The number of rotatable bonds is 11. The zero-order chi connectivity index (χ0) is 23.5. The molecule has 1 saturated heterocycles. The van der Waals surface area contributed by atoms with Crippen molar-refractivity contribution in [3.8, 4) is 11.8 Å². The van der Waals surface area contributed by atoms with E-state index in [1.54, 1.807) is 6.07 Å². The molecule has 0 atom stereocenters. The molecular formula is C28H41NO4. The van der Waals surface area contributed by atoms with Crippen molar-refractivity contribution in [2.45, 2.75) is 97.2 Å². The van der Waals surface area contributed by atoms with Crippen molar-refractivity contribution in [1.82, 2.24) is 0 Å². The fourth-order valence-electron chi connectivity index (χ4n) is 4.99. The quantitative estimate of drug-likeness (QED) is 0.214. The van der Waals surface area contributed by atoms with Crippen LogP contribution in [0.3, 0.4) is 0 Å². The molecule has 33 heavy (non-hydrogen) atoms. The summed E-state index contributed by atoms with van der Waals surface area (Å²) in [4.78, 5) is 12.8. The van der Waals surface area contributed by atoms with Gasteiger partial charge in [0.25, 0.3) is 0 Å². The Balaban J connectivity index is 1.43. The summed E-state index contributed by atoms with van der Waals surface area (Å²) >= 11 is 0. The van der Waals surface area contributed by atoms with E-state index in [0.717, 1.165) is 57.3 Å². The SMILES string of the molecule is CCCCCc1ccc(OC(=O)C2CCC(C3OCC(CCCCC)CO3)CC2)c(C#N)c1. The Labute approximate surface area is 199 Å². The van der Waals surface area contributed by atoms with Gasteiger partial charge >= 0.3 is 5.97 Å². The second-order valence-electron chi connectivity index (χ2n) is 9.83. The fourth-order valence-corrected chi connectivity index (χ4v) is 4.99. The van der Waals surface area contributed by atoms with Crippen molar-refractivity contribution in [2.24, 2.45) is 17.8 Å². The minimum Gasteiger partial charge on any atom is -0.425 e. The van der Waals surface area contributed by atoms with Crippen molar-refractivity contribution in [1.29, 1.82) is 5.26 Å². The van der Waals surface area contributed by atoms with Crippen molar-refractivity contribution < 1.29 is 19.0 Å². The molecule has 1 saturated carbocycles. The lowest BCUT2D eigenvalue weighted by Crippen LogP contribution is -2.39. The summed E-state index contributed by atoms with van der Waals surface area (Å²) in [5.41, 5.74) is 1.57. The predicted molar refractivity (Wildman–Crippen MR) is 129 cm³/mol. The number of nitriles is 1. The van der Waals surface area contributed by atoms with Gasteiger partial charge < -0.3 is 14.2 Å². The summed E-state index contributed by atoms with van der Waals surface area (Å²) in [5.74, 6) is 0.915. The summed E-state index contributed by atoms with van der Waals surface area (Å²) in [7, 11) is 0. The molecule has 0 amide bonds. The first kappa shape index (κ1) is 25.7. The van der Waals surface area contributed by atoms with E-state index in [0.29, 0.717) is 23.1 Å². The summed E-state index contributed by atoms with van der Waals surface area (Å²) in [6.07, 6.45) is 12.6. The highest BCUT2D eigenvalue weighted by Gasteiger charge is 2.35. The van der Waals surface area contributed by atoms with Crippen molar-refractivity contribution in [2.75, 3.05) is 13.2 Å². The van der Waals surface area contributed by atoms with Crippen molar-refractivity contribution in [3.63, 3.8) is 0 Å². The second-order valence-corrected chi connectivity index (χ2v) is 9.83. The molecule has 0 N–H and O–H groups in total. The Hall–Kier alpha value is -1.90. The average molecular weight is 456 g/mol. The first-order valence-corrected chi connectivity index (χ1v) is 13.1. The Kier molecular flexibility index (Phi) is 10.7. The maximum Gasteiger partial charge on any atom is 0.314 e. The number of ether oxygens (including phenoxy) is 3. The van der Waals surface area contributed by atoms with E-state index in [1.807, 2.05) is 12.1 Å². The van der Waals surface area contributed by atoms with E-state index < -0.39 is 0 Å². The zero-order valence-corrected chi connectivity index (χ0v) is 20.5. The number of benzene rings is 1. The molecule has 3 rings (SSSR count). The van der Waals surface area contributed by atoms with Crippen LogP contribution in [0.4, 0.5) is 0 Å². The highest BCUT2D eigenvalue weighted by atomic mass is 16.7. The van der Waals surface area contributed by atoms with E-state index in [1.165, 1.54) is 38.5 Å². The third-order valence-electron chi connectivity index (χ3n) is 7.14. The van der Waals surface area contributed by atoms with Crippen LogP contribution in [0, 0.1) is 29.1 Å². The molecule has 182 valence electrons. The van der Waals surface area contributed by atoms with Crippen molar-refractivity contribution in [3.05, 3.63) is 29.3 Å². The molecule has 0 unspecified atom stereocenters. The molecule has 0 aromatic heterocycles. The highest BCUT2D eigenvalue weighted by molar-refractivity contribution is 5.76. The molecule has 1 aliphatic heterocycles. The first-order valence-electron chi connectivity index (χ1n) is 13.1. The molecule has 5 nitrogen and oxygen atoms in total. The fraction of sp³-hybridized carbons (Fsp3) is 0.714. The van der Waals surface area contributed by atoms with Gasteiger partial charge in [-0.25, -0.2) is 0 Å². The van der Waals surface area contributed by atoms with E-state index in [2.05, 4.69) is 19.9 Å². The van der Waals surface area contributed by atoms with Crippen LogP contribution in [0.15, 0.2) is 18.2 Å². The summed E-state index contributed by atoms with van der Waals surface area (Å²) < 4.78 is 17.8.